The number of benzene rings is 1. The van der Waals surface area contributed by atoms with Crippen molar-refractivity contribution in [3.63, 3.8) is 0 Å². The number of rotatable bonds is 7. The second-order valence-corrected chi connectivity index (χ2v) is 9.87. The molecule has 1 aliphatic rings. The summed E-state index contributed by atoms with van der Waals surface area (Å²) >= 11 is 8.90. The van der Waals surface area contributed by atoms with Gasteiger partial charge in [-0.05, 0) is 12.1 Å². The Bertz CT molecular complexity index is 1240. The molecule has 11 heteroatoms. The van der Waals surface area contributed by atoms with Crippen LogP contribution in [0.15, 0.2) is 34.7 Å². The first-order valence-electron chi connectivity index (χ1n) is 10.6. The first kappa shape index (κ1) is 24.3. The van der Waals surface area contributed by atoms with Crippen LogP contribution < -0.4 is 10.6 Å². The Morgan fingerprint density at radius 3 is 2.44 bits per heavy atom. The van der Waals surface area contributed by atoms with Crippen LogP contribution in [0, 0.1) is 22.7 Å². The molecule has 0 amide bonds. The molecule has 4 rings (SSSR count). The van der Waals surface area contributed by atoms with Crippen molar-refractivity contribution < 1.29 is 5.11 Å². The topological polar surface area (TPSA) is 126 Å². The van der Waals surface area contributed by atoms with Gasteiger partial charge in [0.2, 0.25) is 0 Å². The zero-order valence-corrected chi connectivity index (χ0v) is 20.6. The Morgan fingerprint density at radius 2 is 1.79 bits per heavy atom. The van der Waals surface area contributed by atoms with Crippen molar-refractivity contribution in [2.45, 2.75) is 10.8 Å². The molecule has 0 saturated carbocycles. The highest BCUT2D eigenvalue weighted by Crippen LogP contribution is 2.37. The summed E-state index contributed by atoms with van der Waals surface area (Å²) in [5, 5.41) is 33.0. The van der Waals surface area contributed by atoms with Crippen LogP contribution in [-0.2, 0) is 5.75 Å². The number of aliphatic hydroxyl groups is 1. The molecular weight excluding hydrogens is 490 g/mol. The maximum Gasteiger partial charge on any atom is 0.144 e. The second-order valence-electron chi connectivity index (χ2n) is 7.62. The zero-order chi connectivity index (χ0) is 24.1. The molecule has 0 bridgehead atoms. The van der Waals surface area contributed by atoms with E-state index in [1.807, 2.05) is 34.5 Å². The van der Waals surface area contributed by atoms with Gasteiger partial charge >= 0.3 is 0 Å². The van der Waals surface area contributed by atoms with Gasteiger partial charge < -0.3 is 15.7 Å². The van der Waals surface area contributed by atoms with Gasteiger partial charge in [0.15, 0.2) is 0 Å². The highest BCUT2D eigenvalue weighted by atomic mass is 35.5. The Labute approximate surface area is 211 Å². The minimum absolute atomic E-state index is 0.103. The Kier molecular flexibility index (Phi) is 7.88. The molecule has 1 aliphatic heterocycles. The van der Waals surface area contributed by atoms with Crippen molar-refractivity contribution in [2.75, 3.05) is 50.0 Å². The molecular formula is C23H22ClN7OS2. The predicted octanol–water partition coefficient (Wildman–Crippen LogP) is 3.59. The Morgan fingerprint density at radius 1 is 1.09 bits per heavy atom. The number of hydrogen-bond acceptors (Lipinski definition) is 10. The fourth-order valence-electron chi connectivity index (χ4n) is 3.78. The number of nitrogens with two attached hydrogens (primary N) is 1. The van der Waals surface area contributed by atoms with E-state index in [0.29, 0.717) is 46.7 Å². The average molecular weight is 512 g/mol. The largest absolute Gasteiger partial charge is 0.395 e. The molecule has 0 radical (unpaired) electrons. The third-order valence-electron chi connectivity index (χ3n) is 5.49. The number of β-amino-alcohol motifs (C(OH)–C–C–N with tert-alkyl or cyclic N) is 1. The monoisotopic (exact) mass is 511 g/mol. The quantitative estimate of drug-likeness (QED) is 0.457. The number of hydrogen-bond donors (Lipinski definition) is 2. The number of nitrogen functional groups attached to an aromatic ring is 1. The second kappa shape index (κ2) is 11.0. The maximum absolute atomic E-state index is 10.0. The molecule has 0 spiro atoms. The fraction of sp³-hybridized carbons (Fsp3) is 0.304. The highest BCUT2D eigenvalue weighted by Gasteiger charge is 2.26. The van der Waals surface area contributed by atoms with E-state index in [1.165, 1.54) is 11.8 Å². The molecule has 1 fully saturated rings. The van der Waals surface area contributed by atoms with Gasteiger partial charge in [0.05, 0.1) is 18.0 Å². The maximum atomic E-state index is 10.0. The molecule has 34 heavy (non-hydrogen) atoms. The minimum atomic E-state index is 0.103. The number of piperazine rings is 1. The van der Waals surface area contributed by atoms with Crippen LogP contribution in [-0.4, -0.2) is 59.3 Å². The third-order valence-corrected chi connectivity index (χ3v) is 7.69. The van der Waals surface area contributed by atoms with Crippen LogP contribution in [0.1, 0.15) is 16.8 Å². The number of thioether (sulfide) groups is 1. The van der Waals surface area contributed by atoms with Crippen LogP contribution in [0.25, 0.3) is 10.6 Å². The molecule has 174 valence electrons. The highest BCUT2D eigenvalue weighted by molar-refractivity contribution is 7.98. The fourth-order valence-corrected chi connectivity index (χ4v) is 5.72. The van der Waals surface area contributed by atoms with Gasteiger partial charge in [-0.3, -0.25) is 4.90 Å². The average Bonchev–Trinajstić information content (AvgIpc) is 3.32. The Balaban J connectivity index is 1.56. The van der Waals surface area contributed by atoms with E-state index in [1.54, 1.807) is 11.3 Å². The van der Waals surface area contributed by atoms with E-state index < -0.39 is 0 Å². The number of aromatic nitrogens is 2. The molecule has 8 nitrogen and oxygen atoms in total. The van der Waals surface area contributed by atoms with E-state index >= 15 is 0 Å². The molecule has 0 unspecified atom stereocenters. The first-order chi connectivity index (χ1) is 16.5. The van der Waals surface area contributed by atoms with Gasteiger partial charge in [0.1, 0.15) is 39.1 Å². The van der Waals surface area contributed by atoms with Crippen LogP contribution in [0.2, 0.25) is 5.02 Å². The first-order valence-corrected chi connectivity index (χ1v) is 12.8. The zero-order valence-electron chi connectivity index (χ0n) is 18.2. The number of nitriles is 2. The number of anilines is 2. The summed E-state index contributed by atoms with van der Waals surface area (Å²) in [6.07, 6.45) is 0. The number of aliphatic hydroxyl groups excluding tert-OH is 1. The van der Waals surface area contributed by atoms with Crippen molar-refractivity contribution in [1.82, 2.24) is 14.9 Å². The van der Waals surface area contributed by atoms with E-state index in [9.17, 15) is 15.6 Å². The summed E-state index contributed by atoms with van der Waals surface area (Å²) in [5.74, 6) is 0.637. The predicted molar refractivity (Wildman–Crippen MR) is 136 cm³/mol. The minimum Gasteiger partial charge on any atom is -0.395 e. The van der Waals surface area contributed by atoms with Crippen molar-refractivity contribution in [1.29, 1.82) is 10.5 Å². The summed E-state index contributed by atoms with van der Waals surface area (Å²) in [5.41, 5.74) is 9.15. The van der Waals surface area contributed by atoms with Crippen LogP contribution >= 0.6 is 34.7 Å². The van der Waals surface area contributed by atoms with E-state index in [0.717, 1.165) is 29.4 Å². The van der Waals surface area contributed by atoms with Crippen molar-refractivity contribution in [3.8, 4) is 22.7 Å². The molecule has 3 N–H and O–H groups in total. The summed E-state index contributed by atoms with van der Waals surface area (Å²) in [4.78, 5) is 13.3. The van der Waals surface area contributed by atoms with Crippen LogP contribution in [0.5, 0.6) is 0 Å². The molecule has 0 atom stereocenters. The van der Waals surface area contributed by atoms with Gasteiger partial charge in [0.25, 0.3) is 0 Å². The third kappa shape index (κ3) is 5.27. The van der Waals surface area contributed by atoms with Crippen molar-refractivity contribution >= 4 is 46.2 Å². The Hall–Kier alpha value is -2.86. The van der Waals surface area contributed by atoms with Crippen molar-refractivity contribution in [2.24, 2.45) is 0 Å². The normalized spacial score (nSPS) is 14.1. The number of pyridine rings is 1. The molecule has 1 saturated heterocycles. The number of thiazole rings is 1. The van der Waals surface area contributed by atoms with Crippen LogP contribution in [0.3, 0.4) is 0 Å². The molecule has 3 heterocycles. The van der Waals surface area contributed by atoms with Crippen LogP contribution in [0.4, 0.5) is 11.5 Å². The summed E-state index contributed by atoms with van der Waals surface area (Å²) in [6.45, 7) is 3.43. The van der Waals surface area contributed by atoms with Gasteiger partial charge in [0, 0.05) is 54.4 Å². The number of halogens is 1. The molecule has 2 aromatic heterocycles. The smallest absolute Gasteiger partial charge is 0.144 e. The van der Waals surface area contributed by atoms with Gasteiger partial charge in [-0.2, -0.15) is 10.5 Å². The van der Waals surface area contributed by atoms with Gasteiger partial charge in [-0.15, -0.1) is 11.3 Å². The van der Waals surface area contributed by atoms with E-state index in [2.05, 4.69) is 22.0 Å². The summed E-state index contributed by atoms with van der Waals surface area (Å²) in [7, 11) is 0. The van der Waals surface area contributed by atoms with Crippen molar-refractivity contribution in [3.05, 3.63) is 51.5 Å². The van der Waals surface area contributed by atoms with Gasteiger partial charge in [-0.25, -0.2) is 9.97 Å². The van der Waals surface area contributed by atoms with E-state index in [4.69, 9.17) is 22.3 Å². The lowest BCUT2D eigenvalue weighted by Crippen LogP contribution is -2.47. The lowest BCUT2D eigenvalue weighted by molar-refractivity contribution is 0.188. The lowest BCUT2D eigenvalue weighted by atomic mass is 10.1. The molecule has 0 aliphatic carbocycles. The summed E-state index contributed by atoms with van der Waals surface area (Å²) < 4.78 is 0. The standard InChI is InChI=1S/C23H22ClN7OS2/c24-16-3-1-15(2-4-16)22-28-17(13-33-22)14-34-23-19(12-26)20(18(11-25)21(27)29-23)31-7-5-30(6-8-31)9-10-32/h1-4,13,32H,5-10,14H2,(H2,27,29). The lowest BCUT2D eigenvalue weighted by Gasteiger charge is -2.36. The van der Waals surface area contributed by atoms with E-state index in [-0.39, 0.29) is 18.0 Å². The SMILES string of the molecule is N#Cc1c(N)nc(SCc2csc(-c3ccc(Cl)cc3)n2)c(C#N)c1N1CCN(CCO)CC1. The van der Waals surface area contributed by atoms with Gasteiger partial charge in [-0.1, -0.05) is 35.5 Å². The molecule has 3 aromatic rings. The molecule has 1 aromatic carbocycles. The number of nitrogens with zero attached hydrogens (tertiary/aromatic N) is 6. The summed E-state index contributed by atoms with van der Waals surface area (Å²) in [6, 6.07) is 11.9.